The summed E-state index contributed by atoms with van der Waals surface area (Å²) in [7, 11) is 0. The van der Waals surface area contributed by atoms with E-state index in [0.29, 0.717) is 70.9 Å². The van der Waals surface area contributed by atoms with Gasteiger partial charge in [-0.2, -0.15) is 5.01 Å². The molecule has 3 aliphatic rings. The van der Waals surface area contributed by atoms with Crippen LogP contribution in [0.3, 0.4) is 0 Å². The van der Waals surface area contributed by atoms with Gasteiger partial charge in [-0.15, -0.1) is 0 Å². The fourth-order valence-electron chi connectivity index (χ4n) is 6.38. The number of hydrazine groups is 1. The number of imidazole rings is 1. The first kappa shape index (κ1) is 27.1. The molecule has 216 valence electrons. The van der Waals surface area contributed by atoms with Gasteiger partial charge in [-0.05, 0) is 43.2 Å². The van der Waals surface area contributed by atoms with Crippen LogP contribution in [0, 0.1) is 0 Å². The molecule has 2 atom stereocenters. The molecular formula is C29H29Cl2N9O2. The maximum atomic E-state index is 14.3. The van der Waals surface area contributed by atoms with Gasteiger partial charge in [0.2, 0.25) is 5.66 Å². The van der Waals surface area contributed by atoms with Crippen molar-refractivity contribution in [1.29, 1.82) is 0 Å². The Hall–Kier alpha value is -3.80. The number of benzene rings is 2. The molecule has 4 aromatic rings. The first-order valence-electron chi connectivity index (χ1n) is 14.1. The largest absolute Gasteiger partial charge is 0.342 e. The summed E-state index contributed by atoms with van der Waals surface area (Å²) in [4.78, 5) is 52.7. The van der Waals surface area contributed by atoms with Crippen molar-refractivity contribution in [3.05, 3.63) is 58.1 Å². The second-order valence-electron chi connectivity index (χ2n) is 10.8. The predicted molar refractivity (Wildman–Crippen MR) is 162 cm³/mol. The molecule has 0 aliphatic carbocycles. The van der Waals surface area contributed by atoms with Gasteiger partial charge in [0.05, 0.1) is 52.5 Å². The number of likely N-dealkylation sites (N-methyl/N-ethyl adjacent to an activating group) is 1. The summed E-state index contributed by atoms with van der Waals surface area (Å²) in [6.45, 7) is 7.24. The lowest BCUT2D eigenvalue weighted by Crippen LogP contribution is -2.55. The van der Waals surface area contributed by atoms with Crippen molar-refractivity contribution < 1.29 is 9.59 Å². The summed E-state index contributed by atoms with van der Waals surface area (Å²) < 4.78 is 0. The number of nitrogens with one attached hydrogen (secondary N) is 1. The van der Waals surface area contributed by atoms with Crippen LogP contribution in [0.2, 0.25) is 10.0 Å². The molecule has 13 heteroatoms. The number of aliphatic imine (C=N–C) groups is 1. The van der Waals surface area contributed by atoms with E-state index in [0.717, 1.165) is 23.9 Å². The number of amides is 2. The normalized spacial score (nSPS) is 21.0. The number of hydrogen-bond donors (Lipinski definition) is 1. The molecule has 2 aromatic heterocycles. The van der Waals surface area contributed by atoms with Gasteiger partial charge in [-0.3, -0.25) is 24.5 Å². The highest BCUT2D eigenvalue weighted by Crippen LogP contribution is 2.52. The number of hydrogen-bond acceptors (Lipinski definition) is 8. The molecule has 2 fully saturated rings. The van der Waals surface area contributed by atoms with E-state index in [-0.39, 0.29) is 11.8 Å². The quantitative estimate of drug-likeness (QED) is 0.309. The number of H-pyrrole nitrogens is 1. The summed E-state index contributed by atoms with van der Waals surface area (Å²) in [5, 5.41) is 5.50. The van der Waals surface area contributed by atoms with Crippen LogP contribution in [0.5, 0.6) is 0 Å². The molecule has 2 saturated heterocycles. The van der Waals surface area contributed by atoms with E-state index < -0.39 is 11.6 Å². The average Bonchev–Trinajstić information content (AvgIpc) is 3.59. The Morgan fingerprint density at radius 3 is 2.67 bits per heavy atom. The average molecular weight is 607 g/mol. The monoisotopic (exact) mass is 605 g/mol. The van der Waals surface area contributed by atoms with E-state index in [1.54, 1.807) is 29.4 Å². The van der Waals surface area contributed by atoms with Gasteiger partial charge in [0, 0.05) is 30.0 Å². The third-order valence-electron chi connectivity index (χ3n) is 8.50. The summed E-state index contributed by atoms with van der Waals surface area (Å²) >= 11 is 13.0. The topological polar surface area (TPSA) is 114 Å². The summed E-state index contributed by atoms with van der Waals surface area (Å²) in [5.74, 6) is 0.409. The van der Waals surface area contributed by atoms with Gasteiger partial charge in [0.15, 0.2) is 0 Å². The number of halogens is 2. The van der Waals surface area contributed by atoms with Gasteiger partial charge in [0.25, 0.3) is 11.8 Å². The Labute approximate surface area is 252 Å². The lowest BCUT2D eigenvalue weighted by Gasteiger charge is -2.38. The number of aromatic amines is 1. The number of carbonyl (C=O) groups is 2. The minimum Gasteiger partial charge on any atom is -0.342 e. The van der Waals surface area contributed by atoms with Crippen molar-refractivity contribution >= 4 is 69.1 Å². The van der Waals surface area contributed by atoms with Crippen molar-refractivity contribution in [2.75, 3.05) is 37.6 Å². The zero-order chi connectivity index (χ0) is 29.2. The SMILES string of the molecule is CCN(N1C=NCC1)C1(C(C)c2nc3ccc(Cl)cc3[nH]2)C(=O)N1c1ncnc2cc(C(=O)N3CCCC3)c(Cl)cc12. The van der Waals surface area contributed by atoms with Crippen LogP contribution < -0.4 is 4.90 Å². The Balaban J connectivity index is 1.35. The fraction of sp³-hybridized carbons (Fsp3) is 0.379. The van der Waals surface area contributed by atoms with Crippen molar-refractivity contribution in [1.82, 2.24) is 34.9 Å². The van der Waals surface area contributed by atoms with Crippen molar-refractivity contribution in [2.45, 2.75) is 38.3 Å². The minimum absolute atomic E-state index is 0.110. The third-order valence-corrected chi connectivity index (χ3v) is 9.05. The van der Waals surface area contributed by atoms with Crippen LogP contribution in [-0.2, 0) is 4.79 Å². The lowest BCUT2D eigenvalue weighted by molar-refractivity contribution is -0.118. The smallest absolute Gasteiger partial charge is 0.274 e. The molecule has 7 rings (SSSR count). The van der Waals surface area contributed by atoms with Gasteiger partial charge >= 0.3 is 0 Å². The molecule has 1 N–H and O–H groups in total. The summed E-state index contributed by atoms with van der Waals surface area (Å²) in [6.07, 6.45) is 5.15. The number of rotatable bonds is 7. The van der Waals surface area contributed by atoms with Gasteiger partial charge in [-0.1, -0.05) is 37.0 Å². The van der Waals surface area contributed by atoms with E-state index in [4.69, 9.17) is 28.2 Å². The standard InChI is InChI=1S/C29H29Cl2N9O2/c1-3-39(38-11-8-32-16-38)29(17(2)25-35-22-7-6-18(30)12-24(22)36-25)28(42)40(29)26-20-13-21(31)19(14-23(20)33-15-34-26)27(41)37-9-4-5-10-37/h6-7,12-17H,3-5,8-11H2,1-2H3,(H,35,36). The fourth-order valence-corrected chi connectivity index (χ4v) is 6.80. The summed E-state index contributed by atoms with van der Waals surface area (Å²) in [5.41, 5.74) is 1.34. The molecule has 11 nitrogen and oxygen atoms in total. The van der Waals surface area contributed by atoms with Crippen LogP contribution in [0.25, 0.3) is 21.9 Å². The number of anilines is 1. The minimum atomic E-state index is -1.15. The molecule has 2 aromatic carbocycles. The zero-order valence-electron chi connectivity index (χ0n) is 23.2. The van der Waals surface area contributed by atoms with Gasteiger partial charge < -0.3 is 9.88 Å². The Bertz CT molecular complexity index is 1770. The highest BCUT2D eigenvalue weighted by Gasteiger charge is 2.73. The number of aromatic nitrogens is 4. The van der Waals surface area contributed by atoms with E-state index >= 15 is 0 Å². The van der Waals surface area contributed by atoms with Crippen LogP contribution >= 0.6 is 23.2 Å². The summed E-state index contributed by atoms with van der Waals surface area (Å²) in [6, 6.07) is 8.88. The predicted octanol–water partition coefficient (Wildman–Crippen LogP) is 4.48. The van der Waals surface area contributed by atoms with Crippen LogP contribution in [-0.4, -0.2) is 91.4 Å². The molecule has 0 saturated carbocycles. The number of likely N-dealkylation sites (tertiary alicyclic amines) is 1. The zero-order valence-corrected chi connectivity index (χ0v) is 24.7. The maximum absolute atomic E-state index is 14.3. The second kappa shape index (κ2) is 10.2. The molecule has 5 heterocycles. The van der Waals surface area contributed by atoms with Crippen LogP contribution in [0.15, 0.2) is 41.7 Å². The molecule has 0 radical (unpaired) electrons. The van der Waals surface area contributed by atoms with E-state index in [1.165, 1.54) is 6.33 Å². The molecule has 2 unspecified atom stereocenters. The van der Waals surface area contributed by atoms with E-state index in [9.17, 15) is 9.59 Å². The molecule has 0 bridgehead atoms. The number of carbonyl (C=O) groups excluding carboxylic acids is 2. The van der Waals surface area contributed by atoms with Gasteiger partial charge in [0.1, 0.15) is 18.0 Å². The Morgan fingerprint density at radius 2 is 1.93 bits per heavy atom. The highest BCUT2D eigenvalue weighted by atomic mass is 35.5. The van der Waals surface area contributed by atoms with Gasteiger partial charge in [-0.25, -0.2) is 15.0 Å². The molecule has 42 heavy (non-hydrogen) atoms. The van der Waals surface area contributed by atoms with E-state index in [1.807, 2.05) is 40.9 Å². The Kier molecular flexibility index (Phi) is 6.56. The lowest BCUT2D eigenvalue weighted by atomic mass is 9.99. The molecule has 3 aliphatic heterocycles. The third kappa shape index (κ3) is 4.05. The first-order chi connectivity index (χ1) is 20.3. The number of nitrogens with zero attached hydrogens (tertiary/aromatic N) is 8. The van der Waals surface area contributed by atoms with Crippen LogP contribution in [0.1, 0.15) is 48.8 Å². The molecule has 0 spiro atoms. The van der Waals surface area contributed by atoms with Crippen LogP contribution in [0.4, 0.5) is 5.82 Å². The second-order valence-corrected chi connectivity index (χ2v) is 11.7. The van der Waals surface area contributed by atoms with Crippen molar-refractivity contribution in [3.63, 3.8) is 0 Å². The first-order valence-corrected chi connectivity index (χ1v) is 14.9. The molecular weight excluding hydrogens is 577 g/mol. The highest BCUT2D eigenvalue weighted by molar-refractivity contribution is 6.35. The van der Waals surface area contributed by atoms with E-state index in [2.05, 4.69) is 19.9 Å². The van der Waals surface area contributed by atoms with Crippen molar-refractivity contribution in [2.24, 2.45) is 4.99 Å². The number of fused-ring (bicyclic) bond motifs is 2. The Morgan fingerprint density at radius 1 is 1.12 bits per heavy atom. The molecule has 2 amide bonds. The van der Waals surface area contributed by atoms with Crippen molar-refractivity contribution in [3.8, 4) is 0 Å². The maximum Gasteiger partial charge on any atom is 0.274 e.